The number of amides is 1. The minimum atomic E-state index is 0.00680. The zero-order valence-corrected chi connectivity index (χ0v) is 17.6. The zero-order valence-electron chi connectivity index (χ0n) is 16.8. The van der Waals surface area contributed by atoms with Crippen LogP contribution in [0.2, 0.25) is 0 Å². The lowest BCUT2D eigenvalue weighted by Gasteiger charge is -2.46. The second-order valence-electron chi connectivity index (χ2n) is 8.95. The molecule has 28 heavy (non-hydrogen) atoms. The van der Waals surface area contributed by atoms with E-state index >= 15 is 0 Å². The number of ether oxygens (including phenoxy) is 2. The minimum absolute atomic E-state index is 0.00680. The second kappa shape index (κ2) is 7.04. The molecule has 0 saturated carbocycles. The molecule has 3 heterocycles. The second-order valence-corrected chi connectivity index (χ2v) is 9.81. The number of hydrogen-bond donors (Lipinski definition) is 2. The highest BCUT2D eigenvalue weighted by atomic mass is 32.1. The van der Waals surface area contributed by atoms with Gasteiger partial charge in [-0.3, -0.25) is 4.79 Å². The third-order valence-corrected chi connectivity index (χ3v) is 6.01. The quantitative estimate of drug-likeness (QED) is 0.820. The van der Waals surface area contributed by atoms with Crippen LogP contribution in [0, 0.1) is 0 Å². The maximum absolute atomic E-state index is 12.6. The Morgan fingerprint density at radius 2 is 1.93 bits per heavy atom. The van der Waals surface area contributed by atoms with Crippen molar-refractivity contribution in [3.05, 3.63) is 29.3 Å². The van der Waals surface area contributed by atoms with Crippen molar-refractivity contribution in [2.45, 2.75) is 64.1 Å². The summed E-state index contributed by atoms with van der Waals surface area (Å²) in [7, 11) is 0. The van der Waals surface area contributed by atoms with E-state index < -0.39 is 0 Å². The molecule has 2 aromatic rings. The van der Waals surface area contributed by atoms with E-state index in [1.807, 2.05) is 23.6 Å². The first kappa shape index (κ1) is 19.2. The Balaban J connectivity index is 1.39. The van der Waals surface area contributed by atoms with Crippen molar-refractivity contribution in [1.82, 2.24) is 15.6 Å². The number of carbonyl (C=O) groups is 1. The molecule has 1 aromatic carbocycles. The molecule has 2 aliphatic heterocycles. The molecule has 1 fully saturated rings. The van der Waals surface area contributed by atoms with Gasteiger partial charge in [-0.1, -0.05) is 0 Å². The minimum Gasteiger partial charge on any atom is -0.454 e. The first-order chi connectivity index (χ1) is 13.2. The monoisotopic (exact) mass is 401 g/mol. The fourth-order valence-corrected chi connectivity index (χ4v) is 5.23. The van der Waals surface area contributed by atoms with Gasteiger partial charge in [0.25, 0.3) is 0 Å². The van der Waals surface area contributed by atoms with E-state index in [4.69, 9.17) is 9.47 Å². The van der Waals surface area contributed by atoms with Gasteiger partial charge in [-0.25, -0.2) is 4.98 Å². The number of fused-ring (bicyclic) bond motifs is 1. The van der Waals surface area contributed by atoms with E-state index in [0.29, 0.717) is 6.42 Å². The largest absolute Gasteiger partial charge is 0.454 e. The molecular formula is C21H27N3O3S. The molecule has 0 aliphatic carbocycles. The van der Waals surface area contributed by atoms with Crippen LogP contribution >= 0.6 is 11.3 Å². The fraction of sp³-hybridized carbons (Fsp3) is 0.524. The topological polar surface area (TPSA) is 72.5 Å². The number of piperidine rings is 1. The molecule has 0 atom stereocenters. The van der Waals surface area contributed by atoms with Gasteiger partial charge in [0.2, 0.25) is 12.7 Å². The summed E-state index contributed by atoms with van der Waals surface area (Å²) in [6.07, 6.45) is 2.13. The smallest absolute Gasteiger partial charge is 0.231 e. The van der Waals surface area contributed by atoms with Gasteiger partial charge in [0, 0.05) is 28.1 Å². The molecule has 150 valence electrons. The number of rotatable bonds is 4. The number of benzene rings is 1. The van der Waals surface area contributed by atoms with Crippen molar-refractivity contribution in [2.75, 3.05) is 6.79 Å². The van der Waals surface area contributed by atoms with Gasteiger partial charge < -0.3 is 20.1 Å². The van der Waals surface area contributed by atoms with Crippen LogP contribution in [-0.2, 0) is 11.2 Å². The summed E-state index contributed by atoms with van der Waals surface area (Å²) in [6, 6.07) is 5.97. The van der Waals surface area contributed by atoms with Gasteiger partial charge in [-0.05, 0) is 58.7 Å². The van der Waals surface area contributed by atoms with Crippen LogP contribution in [-0.4, -0.2) is 34.8 Å². The number of aromatic nitrogens is 1. The summed E-state index contributed by atoms with van der Waals surface area (Å²) in [5.41, 5.74) is 1.78. The Labute approximate surface area is 169 Å². The summed E-state index contributed by atoms with van der Waals surface area (Å²) in [5.74, 6) is 1.52. The van der Waals surface area contributed by atoms with Crippen LogP contribution in [0.25, 0.3) is 10.6 Å². The Bertz CT molecular complexity index is 875. The number of nitrogens with zero attached hydrogens (tertiary/aromatic N) is 1. The molecule has 0 spiro atoms. The Kier molecular flexibility index (Phi) is 4.83. The van der Waals surface area contributed by atoms with Crippen molar-refractivity contribution < 1.29 is 14.3 Å². The Morgan fingerprint density at radius 3 is 2.68 bits per heavy atom. The van der Waals surface area contributed by atoms with Crippen molar-refractivity contribution in [3.8, 4) is 22.1 Å². The maximum atomic E-state index is 12.6. The number of hydrogen-bond acceptors (Lipinski definition) is 6. The maximum Gasteiger partial charge on any atom is 0.231 e. The van der Waals surface area contributed by atoms with Gasteiger partial charge in [0.1, 0.15) is 5.01 Å². The predicted molar refractivity (Wildman–Crippen MR) is 110 cm³/mol. The summed E-state index contributed by atoms with van der Waals surface area (Å²) >= 11 is 1.54. The number of thiazole rings is 1. The SMILES string of the molecule is CC1(C)CC(NC(=O)Cc2csc(-c3ccc4c(c3)OCO4)n2)CC(C)(C)N1. The first-order valence-corrected chi connectivity index (χ1v) is 10.5. The number of carbonyl (C=O) groups excluding carboxylic acids is 1. The van der Waals surface area contributed by atoms with E-state index in [9.17, 15) is 4.79 Å². The van der Waals surface area contributed by atoms with Crippen LogP contribution in [0.3, 0.4) is 0 Å². The van der Waals surface area contributed by atoms with Crippen LogP contribution < -0.4 is 20.1 Å². The van der Waals surface area contributed by atoms with Gasteiger partial charge in [-0.15, -0.1) is 11.3 Å². The van der Waals surface area contributed by atoms with Crippen molar-refractivity contribution in [2.24, 2.45) is 0 Å². The lowest BCUT2D eigenvalue weighted by molar-refractivity contribution is -0.121. The van der Waals surface area contributed by atoms with Gasteiger partial charge in [-0.2, -0.15) is 0 Å². The summed E-state index contributed by atoms with van der Waals surface area (Å²) in [4.78, 5) is 17.2. The van der Waals surface area contributed by atoms with Crippen LogP contribution in [0.5, 0.6) is 11.5 Å². The third kappa shape index (κ3) is 4.31. The normalized spacial score (nSPS) is 20.1. The molecule has 0 bridgehead atoms. The van der Waals surface area contributed by atoms with Gasteiger partial charge >= 0.3 is 0 Å². The van der Waals surface area contributed by atoms with E-state index in [2.05, 4.69) is 43.3 Å². The summed E-state index contributed by atoms with van der Waals surface area (Å²) in [6.45, 7) is 9.00. The van der Waals surface area contributed by atoms with Crippen LogP contribution in [0.4, 0.5) is 0 Å². The van der Waals surface area contributed by atoms with Crippen LogP contribution in [0.15, 0.2) is 23.6 Å². The first-order valence-electron chi connectivity index (χ1n) is 9.62. The average Bonchev–Trinajstić information content (AvgIpc) is 3.19. The van der Waals surface area contributed by atoms with Gasteiger partial charge in [0.15, 0.2) is 11.5 Å². The van der Waals surface area contributed by atoms with Crippen molar-refractivity contribution in [1.29, 1.82) is 0 Å². The highest BCUT2D eigenvalue weighted by Gasteiger charge is 2.38. The molecule has 7 heteroatoms. The molecule has 0 radical (unpaired) electrons. The van der Waals surface area contributed by atoms with Crippen LogP contribution in [0.1, 0.15) is 46.2 Å². The zero-order chi connectivity index (χ0) is 19.9. The molecule has 6 nitrogen and oxygen atoms in total. The summed E-state index contributed by atoms with van der Waals surface area (Å²) in [5, 5.41) is 9.69. The van der Waals surface area contributed by atoms with Crippen molar-refractivity contribution >= 4 is 17.2 Å². The predicted octanol–water partition coefficient (Wildman–Crippen LogP) is 3.51. The molecule has 4 rings (SSSR count). The lowest BCUT2D eigenvalue weighted by Crippen LogP contribution is -2.62. The Morgan fingerprint density at radius 1 is 1.21 bits per heavy atom. The highest BCUT2D eigenvalue weighted by Crippen LogP contribution is 2.36. The van der Waals surface area contributed by atoms with E-state index in [1.165, 1.54) is 11.3 Å². The molecule has 1 amide bonds. The molecule has 2 aliphatic rings. The molecule has 1 saturated heterocycles. The van der Waals surface area contributed by atoms with E-state index in [-0.39, 0.29) is 29.8 Å². The standard InChI is InChI=1S/C21H27N3O3S/c1-20(2)9-15(10-21(3,4)24-20)22-18(25)8-14-11-28-19(23-14)13-5-6-16-17(7-13)27-12-26-16/h5-7,11,15,24H,8-10,12H2,1-4H3,(H,22,25). The lowest BCUT2D eigenvalue weighted by atomic mass is 9.79. The third-order valence-electron chi connectivity index (χ3n) is 5.07. The summed E-state index contributed by atoms with van der Waals surface area (Å²) < 4.78 is 10.8. The number of nitrogens with one attached hydrogen (secondary N) is 2. The molecular weight excluding hydrogens is 374 g/mol. The molecule has 2 N–H and O–H groups in total. The van der Waals surface area contributed by atoms with E-state index in [1.54, 1.807) is 0 Å². The Hall–Kier alpha value is -2.12. The fourth-order valence-electron chi connectivity index (χ4n) is 4.42. The van der Waals surface area contributed by atoms with Crippen molar-refractivity contribution in [3.63, 3.8) is 0 Å². The van der Waals surface area contributed by atoms with E-state index in [0.717, 1.165) is 40.6 Å². The van der Waals surface area contributed by atoms with Gasteiger partial charge in [0.05, 0.1) is 12.1 Å². The highest BCUT2D eigenvalue weighted by molar-refractivity contribution is 7.13. The molecule has 1 aromatic heterocycles. The molecule has 0 unspecified atom stereocenters. The average molecular weight is 402 g/mol.